The Balaban J connectivity index is 2.45. The molecule has 4 heteroatoms. The monoisotopic (exact) mass is 223 g/mol. The molecule has 0 saturated carbocycles. The molecule has 0 unspecified atom stereocenters. The number of pyridine rings is 1. The lowest BCUT2D eigenvalue weighted by molar-refractivity contribution is 0.973. The largest absolute Gasteiger partial charge is 0.372 e. The summed E-state index contributed by atoms with van der Waals surface area (Å²) in [7, 11) is 0. The molecule has 3 nitrogen and oxygen atoms in total. The van der Waals surface area contributed by atoms with E-state index in [4.69, 9.17) is 11.6 Å². The lowest BCUT2D eigenvalue weighted by Gasteiger charge is -1.99. The van der Waals surface area contributed by atoms with Crippen molar-refractivity contribution in [2.24, 2.45) is 0 Å². The van der Waals surface area contributed by atoms with Crippen LogP contribution in [0.4, 0.5) is 5.82 Å². The van der Waals surface area contributed by atoms with Crippen LogP contribution in [0.5, 0.6) is 0 Å². The summed E-state index contributed by atoms with van der Waals surface area (Å²) >= 11 is 6.07. The Labute approximate surface area is 93.9 Å². The number of fused-ring (bicyclic) bond motifs is 1. The molecule has 2 rings (SSSR count). The second kappa shape index (κ2) is 4.11. The van der Waals surface area contributed by atoms with Gasteiger partial charge < -0.3 is 10.3 Å². The summed E-state index contributed by atoms with van der Waals surface area (Å²) < 4.78 is 0. The van der Waals surface area contributed by atoms with Gasteiger partial charge in [0.25, 0.3) is 0 Å². The number of rotatable bonds is 3. The first-order chi connectivity index (χ1) is 7.22. The molecule has 0 fully saturated rings. The number of aryl methyl sites for hydroxylation is 1. The number of hydrogen-bond acceptors (Lipinski definition) is 2. The molecule has 2 aromatic rings. The summed E-state index contributed by atoms with van der Waals surface area (Å²) in [6.07, 6.45) is 2.79. The number of aromatic nitrogens is 2. The second-order valence-electron chi connectivity index (χ2n) is 3.59. The maximum absolute atomic E-state index is 6.07. The Hall–Kier alpha value is -1.22. The van der Waals surface area contributed by atoms with Crippen molar-refractivity contribution in [1.82, 2.24) is 9.97 Å². The smallest absolute Gasteiger partial charge is 0.104 e. The van der Waals surface area contributed by atoms with Gasteiger partial charge in [0.2, 0.25) is 0 Å². The third-order valence-electron chi connectivity index (χ3n) is 2.37. The third-order valence-corrected chi connectivity index (χ3v) is 2.67. The van der Waals surface area contributed by atoms with E-state index in [2.05, 4.69) is 22.2 Å². The van der Waals surface area contributed by atoms with Gasteiger partial charge in [0.05, 0.1) is 16.2 Å². The first-order valence-electron chi connectivity index (χ1n) is 5.10. The number of anilines is 1. The van der Waals surface area contributed by atoms with E-state index < -0.39 is 0 Å². The van der Waals surface area contributed by atoms with Crippen molar-refractivity contribution in [3.05, 3.63) is 23.0 Å². The Morgan fingerprint density at radius 3 is 3.00 bits per heavy atom. The normalized spacial score (nSPS) is 10.9. The average Bonchev–Trinajstić information content (AvgIpc) is 2.66. The van der Waals surface area contributed by atoms with E-state index in [0.717, 1.165) is 35.4 Å². The fraction of sp³-hybridized carbons (Fsp3) is 0.364. The minimum Gasteiger partial charge on any atom is -0.372 e. The van der Waals surface area contributed by atoms with Gasteiger partial charge in [0, 0.05) is 18.1 Å². The molecule has 80 valence electrons. The molecule has 0 aliphatic heterocycles. The van der Waals surface area contributed by atoms with Crippen LogP contribution in [0.2, 0.25) is 5.02 Å². The predicted octanol–water partition coefficient (Wildman–Crippen LogP) is 3.35. The van der Waals surface area contributed by atoms with Gasteiger partial charge in [-0.2, -0.15) is 0 Å². The SMILES string of the molecule is CCCNc1cc2c(Cl)cnc(C)c2[nH]1. The maximum atomic E-state index is 6.07. The van der Waals surface area contributed by atoms with Gasteiger partial charge in [0.1, 0.15) is 5.82 Å². The number of nitrogens with zero attached hydrogens (tertiary/aromatic N) is 1. The summed E-state index contributed by atoms with van der Waals surface area (Å²) in [6, 6.07) is 2.03. The van der Waals surface area contributed by atoms with Crippen molar-refractivity contribution in [2.75, 3.05) is 11.9 Å². The molecule has 0 amide bonds. The van der Waals surface area contributed by atoms with E-state index in [1.54, 1.807) is 6.20 Å². The molecule has 2 N–H and O–H groups in total. The molecule has 0 spiro atoms. The van der Waals surface area contributed by atoms with Crippen molar-refractivity contribution in [1.29, 1.82) is 0 Å². The molecule has 0 radical (unpaired) electrons. The van der Waals surface area contributed by atoms with Gasteiger partial charge in [0.15, 0.2) is 0 Å². The van der Waals surface area contributed by atoms with E-state index in [1.165, 1.54) is 0 Å². The molecule has 0 aliphatic carbocycles. The van der Waals surface area contributed by atoms with E-state index in [-0.39, 0.29) is 0 Å². The van der Waals surface area contributed by atoms with Gasteiger partial charge in [-0.1, -0.05) is 18.5 Å². The van der Waals surface area contributed by atoms with Crippen LogP contribution in [-0.2, 0) is 0 Å². The summed E-state index contributed by atoms with van der Waals surface area (Å²) in [6.45, 7) is 5.06. The van der Waals surface area contributed by atoms with E-state index in [0.29, 0.717) is 5.02 Å². The van der Waals surface area contributed by atoms with Gasteiger partial charge in [-0.15, -0.1) is 0 Å². The highest BCUT2D eigenvalue weighted by Gasteiger charge is 2.06. The zero-order chi connectivity index (χ0) is 10.8. The highest BCUT2D eigenvalue weighted by atomic mass is 35.5. The molecule has 0 saturated heterocycles. The highest BCUT2D eigenvalue weighted by molar-refractivity contribution is 6.35. The number of hydrogen-bond donors (Lipinski definition) is 2. The van der Waals surface area contributed by atoms with Crippen LogP contribution in [0.3, 0.4) is 0 Å². The number of nitrogens with one attached hydrogen (secondary N) is 2. The van der Waals surface area contributed by atoms with Gasteiger partial charge in [-0.3, -0.25) is 4.98 Å². The molecular formula is C11H14ClN3. The molecule has 0 aliphatic rings. The first kappa shape index (κ1) is 10.3. The molecular weight excluding hydrogens is 210 g/mol. The lowest BCUT2D eigenvalue weighted by atomic mass is 10.2. The first-order valence-corrected chi connectivity index (χ1v) is 5.48. The van der Waals surface area contributed by atoms with Crippen LogP contribution in [-0.4, -0.2) is 16.5 Å². The summed E-state index contributed by atoms with van der Waals surface area (Å²) in [4.78, 5) is 7.49. The Morgan fingerprint density at radius 2 is 2.33 bits per heavy atom. The minimum atomic E-state index is 0.691. The van der Waals surface area contributed by atoms with Gasteiger partial charge in [-0.25, -0.2) is 0 Å². The third kappa shape index (κ3) is 1.92. The van der Waals surface area contributed by atoms with E-state index in [1.807, 2.05) is 13.0 Å². The number of halogens is 1. The van der Waals surface area contributed by atoms with E-state index >= 15 is 0 Å². The van der Waals surface area contributed by atoms with E-state index in [9.17, 15) is 0 Å². The van der Waals surface area contributed by atoms with Gasteiger partial charge >= 0.3 is 0 Å². The van der Waals surface area contributed by atoms with Crippen molar-refractivity contribution >= 4 is 28.3 Å². The number of aromatic amines is 1. The zero-order valence-corrected chi connectivity index (χ0v) is 9.65. The summed E-state index contributed by atoms with van der Waals surface area (Å²) in [5.41, 5.74) is 1.99. The Morgan fingerprint density at radius 1 is 1.53 bits per heavy atom. The Kier molecular flexibility index (Phi) is 2.82. The lowest BCUT2D eigenvalue weighted by Crippen LogP contribution is -1.99. The molecule has 2 aromatic heterocycles. The molecule has 0 bridgehead atoms. The predicted molar refractivity (Wildman–Crippen MR) is 64.6 cm³/mol. The standard InChI is InChI=1S/C11H14ClN3/c1-3-4-13-10-5-8-9(12)6-14-7(2)11(8)15-10/h5-6,13,15H,3-4H2,1-2H3. The van der Waals surface area contributed by atoms with Crippen LogP contribution in [0.25, 0.3) is 10.9 Å². The van der Waals surface area contributed by atoms with Crippen molar-refractivity contribution in [2.45, 2.75) is 20.3 Å². The topological polar surface area (TPSA) is 40.7 Å². The molecule has 2 heterocycles. The summed E-state index contributed by atoms with van der Waals surface area (Å²) in [5, 5.41) is 5.02. The fourth-order valence-corrected chi connectivity index (χ4v) is 1.77. The average molecular weight is 224 g/mol. The van der Waals surface area contributed by atoms with Crippen LogP contribution in [0.1, 0.15) is 19.0 Å². The van der Waals surface area contributed by atoms with Crippen molar-refractivity contribution < 1.29 is 0 Å². The van der Waals surface area contributed by atoms with Gasteiger partial charge in [-0.05, 0) is 19.4 Å². The van der Waals surface area contributed by atoms with Crippen molar-refractivity contribution in [3.8, 4) is 0 Å². The molecule has 0 aromatic carbocycles. The zero-order valence-electron chi connectivity index (χ0n) is 8.89. The van der Waals surface area contributed by atoms with Crippen LogP contribution in [0.15, 0.2) is 12.3 Å². The Bertz CT molecular complexity index is 437. The van der Waals surface area contributed by atoms with Crippen LogP contribution >= 0.6 is 11.6 Å². The molecule has 0 atom stereocenters. The van der Waals surface area contributed by atoms with Crippen molar-refractivity contribution in [3.63, 3.8) is 0 Å². The maximum Gasteiger partial charge on any atom is 0.104 e. The fourth-order valence-electron chi connectivity index (χ4n) is 1.57. The highest BCUT2D eigenvalue weighted by Crippen LogP contribution is 2.27. The molecule has 15 heavy (non-hydrogen) atoms. The second-order valence-corrected chi connectivity index (χ2v) is 4.00. The van der Waals surface area contributed by atoms with Crippen LogP contribution < -0.4 is 5.32 Å². The van der Waals surface area contributed by atoms with Crippen LogP contribution in [0, 0.1) is 6.92 Å². The number of H-pyrrole nitrogens is 1. The minimum absolute atomic E-state index is 0.691. The quantitative estimate of drug-likeness (QED) is 0.838. The summed E-state index contributed by atoms with van der Waals surface area (Å²) in [5.74, 6) is 1.00.